The van der Waals surface area contributed by atoms with Crippen LogP contribution in [0, 0.1) is 13.8 Å². The number of thiazole rings is 1. The highest BCUT2D eigenvalue weighted by molar-refractivity contribution is 7.17. The molecule has 1 aromatic heterocycles. The minimum Gasteiger partial charge on any atom is -0.462 e. The molecule has 1 aliphatic heterocycles. The average molecular weight is 374 g/mol. The van der Waals surface area contributed by atoms with E-state index in [0.717, 1.165) is 5.56 Å². The molecule has 1 amide bonds. The van der Waals surface area contributed by atoms with Crippen LogP contribution in [-0.2, 0) is 9.53 Å². The van der Waals surface area contributed by atoms with Crippen molar-refractivity contribution in [3.8, 4) is 0 Å². The van der Waals surface area contributed by atoms with E-state index in [9.17, 15) is 9.59 Å². The molecule has 8 heteroatoms. The maximum Gasteiger partial charge on any atom is 0.350 e. The van der Waals surface area contributed by atoms with Crippen molar-refractivity contribution in [3.63, 3.8) is 0 Å². The SMILES string of the molecule is CCOC(=O)c1sc(NC2NC(=O)CC(c3ccc(C)cc3)N2)nc1C. The van der Waals surface area contributed by atoms with Gasteiger partial charge >= 0.3 is 5.97 Å². The summed E-state index contributed by atoms with van der Waals surface area (Å²) in [5.74, 6) is -0.431. The fourth-order valence-corrected chi connectivity index (χ4v) is 3.65. The summed E-state index contributed by atoms with van der Waals surface area (Å²) in [6, 6.07) is 8.01. The van der Waals surface area contributed by atoms with Crippen LogP contribution in [0.4, 0.5) is 5.13 Å². The summed E-state index contributed by atoms with van der Waals surface area (Å²) in [6.07, 6.45) is -0.102. The smallest absolute Gasteiger partial charge is 0.350 e. The molecule has 26 heavy (non-hydrogen) atoms. The fourth-order valence-electron chi connectivity index (χ4n) is 2.77. The van der Waals surface area contributed by atoms with E-state index in [0.29, 0.717) is 28.7 Å². The first-order valence-electron chi connectivity index (χ1n) is 8.49. The molecule has 0 spiro atoms. The van der Waals surface area contributed by atoms with Crippen LogP contribution in [0.2, 0.25) is 0 Å². The molecule has 3 N–H and O–H groups in total. The molecule has 1 saturated heterocycles. The Labute approximate surface area is 156 Å². The van der Waals surface area contributed by atoms with Gasteiger partial charge in [-0.25, -0.2) is 9.78 Å². The van der Waals surface area contributed by atoms with Crippen LogP contribution in [0.5, 0.6) is 0 Å². The highest BCUT2D eigenvalue weighted by Gasteiger charge is 2.28. The second-order valence-corrected chi connectivity index (χ2v) is 7.13. The van der Waals surface area contributed by atoms with Gasteiger partial charge in [0.25, 0.3) is 0 Å². The number of carbonyl (C=O) groups is 2. The van der Waals surface area contributed by atoms with Gasteiger partial charge in [0.2, 0.25) is 5.91 Å². The number of ether oxygens (including phenoxy) is 1. The van der Waals surface area contributed by atoms with Gasteiger partial charge in [-0.3, -0.25) is 10.1 Å². The van der Waals surface area contributed by atoms with E-state index < -0.39 is 6.29 Å². The van der Waals surface area contributed by atoms with Crippen LogP contribution in [0.25, 0.3) is 0 Å². The van der Waals surface area contributed by atoms with Crippen LogP contribution < -0.4 is 16.0 Å². The van der Waals surface area contributed by atoms with Crippen LogP contribution in [-0.4, -0.2) is 29.8 Å². The summed E-state index contributed by atoms with van der Waals surface area (Å²) in [7, 11) is 0. The molecule has 1 aromatic carbocycles. The summed E-state index contributed by atoms with van der Waals surface area (Å²) in [6.45, 7) is 5.87. The molecule has 3 rings (SSSR count). The quantitative estimate of drug-likeness (QED) is 0.697. The highest BCUT2D eigenvalue weighted by Crippen LogP contribution is 2.25. The predicted octanol–water partition coefficient (Wildman–Crippen LogP) is 2.48. The minimum atomic E-state index is -0.469. The molecule has 0 aliphatic carbocycles. The number of anilines is 1. The van der Waals surface area contributed by atoms with Gasteiger partial charge in [0.05, 0.1) is 12.3 Å². The first-order valence-corrected chi connectivity index (χ1v) is 9.31. The van der Waals surface area contributed by atoms with E-state index in [4.69, 9.17) is 4.74 Å². The molecule has 2 heterocycles. The molecule has 138 valence electrons. The van der Waals surface area contributed by atoms with Gasteiger partial charge in [0.15, 0.2) is 11.4 Å². The number of carbonyl (C=O) groups excluding carboxylic acids is 2. The van der Waals surface area contributed by atoms with Gasteiger partial charge in [-0.1, -0.05) is 41.2 Å². The number of aromatic nitrogens is 1. The zero-order chi connectivity index (χ0) is 18.7. The second kappa shape index (κ2) is 7.84. The van der Waals surface area contributed by atoms with Gasteiger partial charge in [0, 0.05) is 12.5 Å². The summed E-state index contributed by atoms with van der Waals surface area (Å²) in [4.78, 5) is 28.8. The molecule has 2 aromatic rings. The molecule has 0 bridgehead atoms. The Kier molecular flexibility index (Phi) is 5.53. The van der Waals surface area contributed by atoms with Crippen LogP contribution >= 0.6 is 11.3 Å². The number of esters is 1. The Bertz CT molecular complexity index is 803. The third-order valence-electron chi connectivity index (χ3n) is 4.07. The van der Waals surface area contributed by atoms with Crippen molar-refractivity contribution in [2.75, 3.05) is 11.9 Å². The van der Waals surface area contributed by atoms with Gasteiger partial charge in [-0.05, 0) is 26.3 Å². The van der Waals surface area contributed by atoms with Crippen molar-refractivity contribution in [2.45, 2.75) is 39.5 Å². The van der Waals surface area contributed by atoms with Crippen molar-refractivity contribution < 1.29 is 14.3 Å². The molecule has 0 saturated carbocycles. The lowest BCUT2D eigenvalue weighted by atomic mass is 10.0. The first-order chi connectivity index (χ1) is 12.5. The molecule has 1 fully saturated rings. The maximum absolute atomic E-state index is 12.1. The van der Waals surface area contributed by atoms with Crippen molar-refractivity contribution in [3.05, 3.63) is 46.0 Å². The lowest BCUT2D eigenvalue weighted by Crippen LogP contribution is -2.56. The van der Waals surface area contributed by atoms with E-state index >= 15 is 0 Å². The van der Waals surface area contributed by atoms with Gasteiger partial charge in [0.1, 0.15) is 4.88 Å². The maximum atomic E-state index is 12.1. The molecular weight excluding hydrogens is 352 g/mol. The lowest BCUT2D eigenvalue weighted by Gasteiger charge is -2.32. The number of hydrogen-bond donors (Lipinski definition) is 3. The van der Waals surface area contributed by atoms with Gasteiger partial charge < -0.3 is 15.4 Å². The number of nitrogens with zero attached hydrogens (tertiary/aromatic N) is 1. The van der Waals surface area contributed by atoms with E-state index in [-0.39, 0.29) is 17.9 Å². The highest BCUT2D eigenvalue weighted by atomic mass is 32.1. The largest absolute Gasteiger partial charge is 0.462 e. The van der Waals surface area contributed by atoms with Crippen molar-refractivity contribution in [2.24, 2.45) is 0 Å². The summed E-state index contributed by atoms with van der Waals surface area (Å²) in [5.41, 5.74) is 2.83. The van der Waals surface area contributed by atoms with E-state index in [1.807, 2.05) is 31.2 Å². The van der Waals surface area contributed by atoms with Crippen LogP contribution in [0.1, 0.15) is 45.9 Å². The van der Waals surface area contributed by atoms with Crippen LogP contribution in [0.3, 0.4) is 0 Å². The third kappa shape index (κ3) is 4.20. The van der Waals surface area contributed by atoms with Crippen LogP contribution in [0.15, 0.2) is 24.3 Å². The number of aryl methyl sites for hydroxylation is 2. The molecule has 1 aliphatic rings. The van der Waals surface area contributed by atoms with E-state index in [1.165, 1.54) is 16.9 Å². The van der Waals surface area contributed by atoms with Gasteiger partial charge in [-0.15, -0.1) is 0 Å². The number of rotatable bonds is 5. The molecule has 2 atom stereocenters. The van der Waals surface area contributed by atoms with E-state index in [2.05, 4.69) is 20.9 Å². The van der Waals surface area contributed by atoms with Gasteiger partial charge in [-0.2, -0.15) is 0 Å². The predicted molar refractivity (Wildman–Crippen MR) is 100 cm³/mol. The Hall–Kier alpha value is -2.45. The Balaban J connectivity index is 1.71. The number of hydrogen-bond acceptors (Lipinski definition) is 7. The number of benzene rings is 1. The number of amides is 1. The zero-order valence-corrected chi connectivity index (χ0v) is 15.8. The molecule has 2 unspecified atom stereocenters. The topological polar surface area (TPSA) is 92.4 Å². The number of nitrogens with one attached hydrogen (secondary N) is 3. The standard InChI is InChI=1S/C18H22N4O3S/c1-4-25-16(24)15-11(3)19-18(26-15)22-17-20-13(9-14(23)21-17)12-7-5-10(2)6-8-12/h5-8,13,17,20H,4,9H2,1-3H3,(H,19,22)(H,21,23). The Morgan fingerprint density at radius 2 is 2.08 bits per heavy atom. The second-order valence-electron chi connectivity index (χ2n) is 6.13. The minimum absolute atomic E-state index is 0.0503. The Morgan fingerprint density at radius 1 is 1.35 bits per heavy atom. The molecule has 0 radical (unpaired) electrons. The molecule has 7 nitrogen and oxygen atoms in total. The van der Waals surface area contributed by atoms with Crippen molar-refractivity contribution in [1.82, 2.24) is 15.6 Å². The summed E-state index contributed by atoms with van der Waals surface area (Å²) in [5, 5.41) is 9.89. The Morgan fingerprint density at radius 3 is 2.77 bits per heavy atom. The third-order valence-corrected chi connectivity index (χ3v) is 5.14. The lowest BCUT2D eigenvalue weighted by molar-refractivity contribution is -0.124. The normalized spacial score (nSPS) is 19.7. The van der Waals surface area contributed by atoms with Crippen molar-refractivity contribution >= 4 is 28.3 Å². The van der Waals surface area contributed by atoms with Crippen molar-refractivity contribution in [1.29, 1.82) is 0 Å². The summed E-state index contributed by atoms with van der Waals surface area (Å²) < 4.78 is 5.03. The first kappa shape index (κ1) is 18.3. The average Bonchev–Trinajstić information content (AvgIpc) is 2.95. The zero-order valence-electron chi connectivity index (χ0n) is 15.0. The van der Waals surface area contributed by atoms with E-state index in [1.54, 1.807) is 13.8 Å². The molecular formula is C18H22N4O3S. The monoisotopic (exact) mass is 374 g/mol. The fraction of sp³-hybridized carbons (Fsp3) is 0.389. The summed E-state index contributed by atoms with van der Waals surface area (Å²) >= 11 is 1.21.